The van der Waals surface area contributed by atoms with Gasteiger partial charge in [-0.2, -0.15) is 0 Å². The molecule has 6 nitrogen and oxygen atoms in total. The molecule has 7 heteroatoms. The van der Waals surface area contributed by atoms with E-state index in [1.54, 1.807) is 20.1 Å². The summed E-state index contributed by atoms with van der Waals surface area (Å²) in [6.07, 6.45) is 3.94. The molecule has 0 aromatic carbocycles. The lowest BCUT2D eigenvalue weighted by Gasteiger charge is -2.11. The largest absolute Gasteiger partial charge is 0.383 e. The number of H-pyrrole nitrogens is 1. The van der Waals surface area contributed by atoms with E-state index in [0.717, 1.165) is 5.69 Å². The average molecular weight is 287 g/mol. The average Bonchev–Trinajstić information content (AvgIpc) is 3.02. The molecule has 19 heavy (non-hydrogen) atoms. The van der Waals surface area contributed by atoms with Gasteiger partial charge in [0.15, 0.2) is 0 Å². The Kier molecular flexibility index (Phi) is 4.62. The molecule has 1 heterocycles. The third-order valence-electron chi connectivity index (χ3n) is 2.96. The van der Waals surface area contributed by atoms with Crippen molar-refractivity contribution in [3.05, 3.63) is 18.0 Å². The molecule has 1 aromatic rings. The van der Waals surface area contributed by atoms with Crippen LogP contribution in [0.4, 0.5) is 0 Å². The van der Waals surface area contributed by atoms with E-state index in [9.17, 15) is 8.42 Å². The van der Waals surface area contributed by atoms with Crippen molar-refractivity contribution in [2.75, 3.05) is 13.7 Å². The standard InChI is InChI=1S/C12H21N3O3S/c1-9(8-18-2)15-19(16,17)12-5-11(14-7-12)6-13-10-3-4-10/h5,7,9-10,13-15H,3-4,6,8H2,1-2H3. The smallest absolute Gasteiger partial charge is 0.242 e. The topological polar surface area (TPSA) is 83.2 Å². The van der Waals surface area contributed by atoms with E-state index in [-0.39, 0.29) is 10.9 Å². The Hall–Kier alpha value is -0.890. The van der Waals surface area contributed by atoms with Gasteiger partial charge in [0, 0.05) is 37.6 Å². The molecule has 0 saturated heterocycles. The Morgan fingerprint density at radius 2 is 2.26 bits per heavy atom. The number of hydrogen-bond acceptors (Lipinski definition) is 4. The van der Waals surface area contributed by atoms with Gasteiger partial charge in [-0.3, -0.25) is 0 Å². The Balaban J connectivity index is 1.95. The number of rotatable bonds is 8. The van der Waals surface area contributed by atoms with Crippen LogP contribution in [-0.2, 0) is 21.3 Å². The molecule has 1 atom stereocenters. The summed E-state index contributed by atoms with van der Waals surface area (Å²) in [6.45, 7) is 2.79. The third-order valence-corrected chi connectivity index (χ3v) is 4.53. The van der Waals surface area contributed by atoms with Gasteiger partial charge in [0.05, 0.1) is 11.5 Å². The zero-order valence-corrected chi connectivity index (χ0v) is 12.1. The van der Waals surface area contributed by atoms with Crippen molar-refractivity contribution in [3.63, 3.8) is 0 Å². The van der Waals surface area contributed by atoms with E-state index in [0.29, 0.717) is 19.2 Å². The molecule has 2 rings (SSSR count). The predicted octanol–water partition coefficient (Wildman–Crippen LogP) is 0.580. The maximum absolute atomic E-state index is 12.1. The molecule has 1 fully saturated rings. The van der Waals surface area contributed by atoms with Crippen LogP contribution < -0.4 is 10.0 Å². The highest BCUT2D eigenvalue weighted by atomic mass is 32.2. The van der Waals surface area contributed by atoms with Gasteiger partial charge in [-0.1, -0.05) is 0 Å². The fraction of sp³-hybridized carbons (Fsp3) is 0.667. The highest BCUT2D eigenvalue weighted by Gasteiger charge is 2.22. The molecule has 108 valence electrons. The molecule has 0 radical (unpaired) electrons. The molecule has 0 bridgehead atoms. The van der Waals surface area contributed by atoms with Crippen molar-refractivity contribution in [1.29, 1.82) is 0 Å². The first-order chi connectivity index (χ1) is 9.01. The first-order valence-corrected chi connectivity index (χ1v) is 7.91. The minimum absolute atomic E-state index is 0.252. The second-order valence-electron chi connectivity index (χ2n) is 4.99. The summed E-state index contributed by atoms with van der Waals surface area (Å²) < 4.78 is 31.6. The van der Waals surface area contributed by atoms with E-state index < -0.39 is 10.0 Å². The first kappa shape index (κ1) is 14.5. The number of nitrogens with one attached hydrogen (secondary N) is 3. The highest BCUT2D eigenvalue weighted by Crippen LogP contribution is 2.19. The second kappa shape index (κ2) is 6.04. The van der Waals surface area contributed by atoms with E-state index in [1.165, 1.54) is 19.0 Å². The van der Waals surface area contributed by atoms with Crippen molar-refractivity contribution in [2.45, 2.75) is 43.3 Å². The zero-order chi connectivity index (χ0) is 13.9. The van der Waals surface area contributed by atoms with Crippen molar-refractivity contribution in [3.8, 4) is 0 Å². The molecule has 0 aliphatic heterocycles. The molecular formula is C12H21N3O3S. The van der Waals surface area contributed by atoms with Crippen molar-refractivity contribution >= 4 is 10.0 Å². The van der Waals surface area contributed by atoms with Crippen LogP contribution in [0.2, 0.25) is 0 Å². The van der Waals surface area contributed by atoms with Gasteiger partial charge in [0.25, 0.3) is 0 Å². The quantitative estimate of drug-likeness (QED) is 0.653. The molecular weight excluding hydrogens is 266 g/mol. The molecule has 1 saturated carbocycles. The number of methoxy groups -OCH3 is 1. The zero-order valence-electron chi connectivity index (χ0n) is 11.3. The number of ether oxygens (including phenoxy) is 1. The first-order valence-electron chi connectivity index (χ1n) is 6.43. The second-order valence-corrected chi connectivity index (χ2v) is 6.71. The summed E-state index contributed by atoms with van der Waals surface area (Å²) in [7, 11) is -1.93. The lowest BCUT2D eigenvalue weighted by atomic mass is 10.4. The van der Waals surface area contributed by atoms with Crippen molar-refractivity contribution in [2.24, 2.45) is 0 Å². The van der Waals surface area contributed by atoms with Gasteiger partial charge in [-0.25, -0.2) is 13.1 Å². The predicted molar refractivity (Wildman–Crippen MR) is 72.3 cm³/mol. The number of aromatic amines is 1. The van der Waals surface area contributed by atoms with Gasteiger partial charge in [-0.05, 0) is 25.8 Å². The molecule has 3 N–H and O–H groups in total. The van der Waals surface area contributed by atoms with Crippen molar-refractivity contribution in [1.82, 2.24) is 15.0 Å². The Morgan fingerprint density at radius 1 is 1.53 bits per heavy atom. The molecule has 1 aromatic heterocycles. The van der Waals surface area contributed by atoms with Crippen LogP contribution in [0.25, 0.3) is 0 Å². The van der Waals surface area contributed by atoms with Crippen LogP contribution in [0, 0.1) is 0 Å². The van der Waals surface area contributed by atoms with Crippen LogP contribution in [0.3, 0.4) is 0 Å². The SMILES string of the molecule is COCC(C)NS(=O)(=O)c1c[nH]c(CNC2CC2)c1. The van der Waals surface area contributed by atoms with Crippen LogP contribution in [0.1, 0.15) is 25.5 Å². The van der Waals surface area contributed by atoms with Gasteiger partial charge >= 0.3 is 0 Å². The maximum Gasteiger partial charge on any atom is 0.242 e. The minimum Gasteiger partial charge on any atom is -0.383 e. The lowest BCUT2D eigenvalue weighted by Crippen LogP contribution is -2.35. The summed E-state index contributed by atoms with van der Waals surface area (Å²) in [6, 6.07) is 2.01. The van der Waals surface area contributed by atoms with Crippen LogP contribution in [0.15, 0.2) is 17.2 Å². The van der Waals surface area contributed by atoms with Gasteiger partial charge in [-0.15, -0.1) is 0 Å². The molecule has 1 unspecified atom stereocenters. The van der Waals surface area contributed by atoms with E-state index in [2.05, 4.69) is 15.0 Å². The third kappa shape index (κ3) is 4.31. The van der Waals surface area contributed by atoms with Gasteiger partial charge in [0.1, 0.15) is 0 Å². The monoisotopic (exact) mass is 287 g/mol. The summed E-state index contributed by atoms with van der Waals surface area (Å²) in [5.41, 5.74) is 0.881. The minimum atomic E-state index is -3.47. The normalized spacial score (nSPS) is 17.6. The summed E-state index contributed by atoms with van der Waals surface area (Å²) in [5.74, 6) is 0. The molecule has 0 amide bonds. The fourth-order valence-electron chi connectivity index (χ4n) is 1.83. The van der Waals surface area contributed by atoms with E-state index in [1.807, 2.05) is 0 Å². The summed E-state index contributed by atoms with van der Waals surface area (Å²) in [4.78, 5) is 3.25. The number of aromatic nitrogens is 1. The Morgan fingerprint density at radius 3 is 2.89 bits per heavy atom. The maximum atomic E-state index is 12.1. The Labute approximate surface area is 114 Å². The van der Waals surface area contributed by atoms with E-state index in [4.69, 9.17) is 4.74 Å². The van der Waals surface area contributed by atoms with Crippen LogP contribution in [-0.4, -0.2) is 39.2 Å². The number of hydrogen-bond donors (Lipinski definition) is 3. The molecule has 1 aliphatic carbocycles. The summed E-state index contributed by atoms with van der Waals surface area (Å²) >= 11 is 0. The molecule has 1 aliphatic rings. The van der Waals surface area contributed by atoms with E-state index >= 15 is 0 Å². The van der Waals surface area contributed by atoms with Gasteiger partial charge < -0.3 is 15.0 Å². The summed E-state index contributed by atoms with van der Waals surface area (Å²) in [5, 5.41) is 3.33. The van der Waals surface area contributed by atoms with Crippen molar-refractivity contribution < 1.29 is 13.2 Å². The number of sulfonamides is 1. The molecule has 0 spiro atoms. The Bertz CT molecular complexity index is 508. The fourth-order valence-corrected chi connectivity index (χ4v) is 3.08. The van der Waals surface area contributed by atoms with Gasteiger partial charge in [0.2, 0.25) is 10.0 Å². The van der Waals surface area contributed by atoms with Crippen LogP contribution >= 0.6 is 0 Å². The van der Waals surface area contributed by atoms with Crippen LogP contribution in [0.5, 0.6) is 0 Å². The lowest BCUT2D eigenvalue weighted by molar-refractivity contribution is 0.180. The highest BCUT2D eigenvalue weighted by molar-refractivity contribution is 7.89.